The summed E-state index contributed by atoms with van der Waals surface area (Å²) < 4.78 is 5.02. The number of benzene rings is 1. The highest BCUT2D eigenvalue weighted by molar-refractivity contribution is 7.17. The van der Waals surface area contributed by atoms with Crippen LogP contribution in [-0.2, 0) is 11.3 Å². The topological polar surface area (TPSA) is 72.3 Å². The molecule has 0 aliphatic heterocycles. The van der Waals surface area contributed by atoms with E-state index < -0.39 is 5.97 Å². The van der Waals surface area contributed by atoms with Crippen LogP contribution in [0.15, 0.2) is 36.5 Å². The first-order valence-corrected chi connectivity index (χ1v) is 7.08. The fraction of sp³-hybridized carbons (Fsp3) is 0.133. The largest absolute Gasteiger partial charge is 0.477 e. The Bertz CT molecular complexity index is 808. The molecule has 0 aliphatic carbocycles. The van der Waals surface area contributed by atoms with Crippen LogP contribution in [0.1, 0.15) is 15.4 Å². The molecule has 1 N–H and O–H groups in total. The maximum atomic E-state index is 11.3. The number of carboxylic acid groups (broad SMARTS) is 1. The third-order valence-corrected chi connectivity index (χ3v) is 4.15. The smallest absolute Gasteiger partial charge is 0.347 e. The van der Waals surface area contributed by atoms with Gasteiger partial charge in [0.2, 0.25) is 0 Å². The Labute approximate surface area is 124 Å². The molecule has 0 bridgehead atoms. The zero-order chi connectivity index (χ0) is 14.8. The van der Waals surface area contributed by atoms with E-state index in [2.05, 4.69) is 9.97 Å². The van der Waals surface area contributed by atoms with Crippen molar-refractivity contribution in [2.75, 3.05) is 7.11 Å². The van der Waals surface area contributed by atoms with Gasteiger partial charge in [-0.1, -0.05) is 18.2 Å². The van der Waals surface area contributed by atoms with Crippen LogP contribution < -0.4 is 0 Å². The van der Waals surface area contributed by atoms with Crippen molar-refractivity contribution in [1.82, 2.24) is 9.97 Å². The van der Waals surface area contributed by atoms with Crippen LogP contribution in [0.2, 0.25) is 0 Å². The van der Waals surface area contributed by atoms with Crippen molar-refractivity contribution < 1.29 is 14.6 Å². The number of hydrogen-bond acceptors (Lipinski definition) is 5. The summed E-state index contributed by atoms with van der Waals surface area (Å²) in [7, 11) is 1.52. The van der Waals surface area contributed by atoms with Gasteiger partial charge in [0.1, 0.15) is 9.88 Å². The summed E-state index contributed by atoms with van der Waals surface area (Å²) in [6, 6.07) is 9.61. The number of aromatic carboxylic acids is 1. The second-order valence-corrected chi connectivity index (χ2v) is 5.41. The Hall–Kier alpha value is -2.31. The fourth-order valence-corrected chi connectivity index (χ4v) is 3.08. The Morgan fingerprint density at radius 3 is 2.90 bits per heavy atom. The first-order chi connectivity index (χ1) is 10.2. The van der Waals surface area contributed by atoms with E-state index >= 15 is 0 Å². The number of methoxy groups -OCH3 is 1. The summed E-state index contributed by atoms with van der Waals surface area (Å²) in [4.78, 5) is 20.3. The third kappa shape index (κ3) is 2.51. The number of thiazole rings is 1. The van der Waals surface area contributed by atoms with Gasteiger partial charge in [-0.2, -0.15) is 0 Å². The number of hydrogen-bond donors (Lipinski definition) is 1. The molecule has 3 aromatic rings. The summed E-state index contributed by atoms with van der Waals surface area (Å²) in [5.41, 5.74) is 2.09. The predicted octanol–water partition coefficient (Wildman–Crippen LogP) is 3.20. The number of carboxylic acids is 1. The molecule has 6 heteroatoms. The monoisotopic (exact) mass is 300 g/mol. The number of nitrogens with zero attached hydrogens (tertiary/aromatic N) is 2. The number of pyridine rings is 1. The van der Waals surface area contributed by atoms with Crippen molar-refractivity contribution in [1.29, 1.82) is 0 Å². The van der Waals surface area contributed by atoms with E-state index in [-0.39, 0.29) is 11.5 Å². The van der Waals surface area contributed by atoms with Gasteiger partial charge in [-0.25, -0.2) is 9.78 Å². The van der Waals surface area contributed by atoms with Crippen molar-refractivity contribution in [2.24, 2.45) is 0 Å². The van der Waals surface area contributed by atoms with Crippen LogP contribution in [-0.4, -0.2) is 28.2 Å². The molecule has 21 heavy (non-hydrogen) atoms. The lowest BCUT2D eigenvalue weighted by atomic mass is 10.1. The van der Waals surface area contributed by atoms with Crippen LogP contribution in [0.3, 0.4) is 0 Å². The van der Waals surface area contributed by atoms with Crippen LogP contribution in [0, 0.1) is 0 Å². The fourth-order valence-electron chi connectivity index (χ4n) is 2.15. The van der Waals surface area contributed by atoms with Crippen LogP contribution in [0.25, 0.3) is 21.5 Å². The Kier molecular flexibility index (Phi) is 3.64. The van der Waals surface area contributed by atoms with Crippen molar-refractivity contribution >= 4 is 28.2 Å². The lowest BCUT2D eigenvalue weighted by Crippen LogP contribution is -1.99. The van der Waals surface area contributed by atoms with Gasteiger partial charge in [-0.05, 0) is 12.1 Å². The van der Waals surface area contributed by atoms with Gasteiger partial charge in [-0.3, -0.25) is 4.98 Å². The van der Waals surface area contributed by atoms with Crippen molar-refractivity contribution in [3.05, 3.63) is 47.1 Å². The molecule has 5 nitrogen and oxygen atoms in total. The van der Waals surface area contributed by atoms with Gasteiger partial charge in [0, 0.05) is 24.3 Å². The summed E-state index contributed by atoms with van der Waals surface area (Å²) >= 11 is 1.14. The number of aromatic nitrogens is 2. The van der Waals surface area contributed by atoms with Crippen LogP contribution in [0.4, 0.5) is 0 Å². The zero-order valence-corrected chi connectivity index (χ0v) is 12.1. The molecule has 2 aromatic heterocycles. The molecule has 0 atom stereocenters. The molecule has 0 radical (unpaired) electrons. The number of ether oxygens (including phenoxy) is 1. The van der Waals surface area contributed by atoms with Gasteiger partial charge in [0.05, 0.1) is 17.8 Å². The molecule has 106 valence electrons. The molecule has 0 amide bonds. The van der Waals surface area contributed by atoms with E-state index in [4.69, 9.17) is 4.74 Å². The molecule has 0 spiro atoms. The van der Waals surface area contributed by atoms with E-state index in [1.807, 2.05) is 30.3 Å². The highest BCUT2D eigenvalue weighted by atomic mass is 32.1. The Morgan fingerprint density at radius 1 is 1.33 bits per heavy atom. The standard InChI is InChI=1S/C15H12N2O3S/c1-20-8-11-13(15(18)19)21-14(17-11)10-6-2-4-9-5-3-7-16-12(9)10/h2-7H,8H2,1H3,(H,18,19). The van der Waals surface area contributed by atoms with Crippen LogP contribution >= 0.6 is 11.3 Å². The third-order valence-electron chi connectivity index (χ3n) is 3.04. The molecule has 1 aromatic carbocycles. The number of rotatable bonds is 4. The number of para-hydroxylation sites is 1. The Balaban J connectivity index is 2.19. The molecule has 0 unspecified atom stereocenters. The average Bonchev–Trinajstić information content (AvgIpc) is 2.91. The zero-order valence-electron chi connectivity index (χ0n) is 11.2. The van der Waals surface area contributed by atoms with Gasteiger partial charge in [0.15, 0.2) is 0 Å². The summed E-state index contributed by atoms with van der Waals surface area (Å²) in [5.74, 6) is -0.987. The molecule has 2 heterocycles. The quantitative estimate of drug-likeness (QED) is 0.801. The van der Waals surface area contributed by atoms with Gasteiger partial charge in [0.25, 0.3) is 0 Å². The van der Waals surface area contributed by atoms with E-state index in [9.17, 15) is 9.90 Å². The first-order valence-electron chi connectivity index (χ1n) is 6.26. The van der Waals surface area contributed by atoms with Gasteiger partial charge in [-0.15, -0.1) is 11.3 Å². The molecule has 0 saturated carbocycles. The van der Waals surface area contributed by atoms with E-state index in [0.717, 1.165) is 27.8 Å². The molecule has 3 rings (SSSR count). The predicted molar refractivity (Wildman–Crippen MR) is 80.5 cm³/mol. The van der Waals surface area contributed by atoms with Crippen molar-refractivity contribution in [2.45, 2.75) is 6.61 Å². The average molecular weight is 300 g/mol. The summed E-state index contributed by atoms with van der Waals surface area (Å²) in [5, 5.41) is 10.9. The number of carbonyl (C=O) groups is 1. The maximum Gasteiger partial charge on any atom is 0.347 e. The van der Waals surface area contributed by atoms with E-state index in [0.29, 0.717) is 10.7 Å². The maximum absolute atomic E-state index is 11.3. The van der Waals surface area contributed by atoms with Crippen molar-refractivity contribution in [3.63, 3.8) is 0 Å². The van der Waals surface area contributed by atoms with Crippen LogP contribution in [0.5, 0.6) is 0 Å². The SMILES string of the molecule is COCc1nc(-c2cccc3cccnc23)sc1C(=O)O. The summed E-state index contributed by atoms with van der Waals surface area (Å²) in [6.07, 6.45) is 1.72. The highest BCUT2D eigenvalue weighted by Gasteiger charge is 2.19. The minimum Gasteiger partial charge on any atom is -0.477 e. The lowest BCUT2D eigenvalue weighted by Gasteiger charge is -2.01. The molecule has 0 fully saturated rings. The molecule has 0 saturated heterocycles. The van der Waals surface area contributed by atoms with Gasteiger partial charge < -0.3 is 9.84 Å². The molecular formula is C15H12N2O3S. The summed E-state index contributed by atoms with van der Waals surface area (Å²) in [6.45, 7) is 0.177. The minimum absolute atomic E-state index is 0.177. The van der Waals surface area contributed by atoms with E-state index in [1.54, 1.807) is 6.20 Å². The second kappa shape index (κ2) is 5.59. The van der Waals surface area contributed by atoms with Gasteiger partial charge >= 0.3 is 5.97 Å². The first kappa shape index (κ1) is 13.7. The van der Waals surface area contributed by atoms with E-state index in [1.165, 1.54) is 7.11 Å². The number of fused-ring (bicyclic) bond motifs is 1. The minimum atomic E-state index is -0.987. The lowest BCUT2D eigenvalue weighted by molar-refractivity contribution is 0.0697. The normalized spacial score (nSPS) is 10.9. The molecule has 0 aliphatic rings. The second-order valence-electron chi connectivity index (χ2n) is 4.41. The van der Waals surface area contributed by atoms with Crippen molar-refractivity contribution in [3.8, 4) is 10.6 Å². The Morgan fingerprint density at radius 2 is 2.14 bits per heavy atom. The molecular weight excluding hydrogens is 288 g/mol. The highest BCUT2D eigenvalue weighted by Crippen LogP contribution is 2.32.